The van der Waals surface area contributed by atoms with Crippen molar-refractivity contribution in [3.8, 4) is 5.75 Å². The molecule has 1 aliphatic rings. The Balaban J connectivity index is 2.27. The van der Waals surface area contributed by atoms with Crippen LogP contribution in [0.4, 0.5) is 0 Å². The molecule has 116 valence electrons. The number of fused-ring (bicyclic) bond motifs is 1. The van der Waals surface area contributed by atoms with Crippen LogP contribution in [-0.4, -0.2) is 43.2 Å². The smallest absolute Gasteiger partial charge is 0.338 e. The standard InChI is InChI=1S/C17H25NO3/c1-5-9-18(12(2)3)13-10-15-14(17(19)20-4)7-6-8-16(15)21-11-13/h6-8,12-13H,5,9-11H2,1-4H3/t13-/m1/s1. The molecule has 4 heteroatoms. The highest BCUT2D eigenvalue weighted by molar-refractivity contribution is 5.91. The summed E-state index contributed by atoms with van der Waals surface area (Å²) < 4.78 is 10.8. The Morgan fingerprint density at radius 1 is 1.48 bits per heavy atom. The molecule has 0 N–H and O–H groups in total. The molecule has 4 nitrogen and oxygen atoms in total. The summed E-state index contributed by atoms with van der Waals surface area (Å²) in [6.07, 6.45) is 1.94. The van der Waals surface area contributed by atoms with Crippen molar-refractivity contribution in [2.24, 2.45) is 0 Å². The second-order valence-corrected chi connectivity index (χ2v) is 5.77. The zero-order valence-corrected chi connectivity index (χ0v) is 13.4. The first-order valence-electron chi connectivity index (χ1n) is 7.67. The zero-order chi connectivity index (χ0) is 15.4. The molecule has 0 saturated carbocycles. The van der Waals surface area contributed by atoms with Crippen molar-refractivity contribution in [1.82, 2.24) is 4.90 Å². The van der Waals surface area contributed by atoms with Gasteiger partial charge in [-0.3, -0.25) is 4.90 Å². The summed E-state index contributed by atoms with van der Waals surface area (Å²) in [6, 6.07) is 6.36. The molecule has 0 fully saturated rings. The van der Waals surface area contributed by atoms with Crippen molar-refractivity contribution in [2.45, 2.75) is 45.7 Å². The van der Waals surface area contributed by atoms with E-state index in [9.17, 15) is 4.79 Å². The Labute approximate surface area is 127 Å². The van der Waals surface area contributed by atoms with Gasteiger partial charge in [0.1, 0.15) is 12.4 Å². The summed E-state index contributed by atoms with van der Waals surface area (Å²) in [6.45, 7) is 8.32. The van der Waals surface area contributed by atoms with Crippen molar-refractivity contribution in [3.05, 3.63) is 29.3 Å². The highest BCUT2D eigenvalue weighted by Crippen LogP contribution is 2.30. The van der Waals surface area contributed by atoms with Crippen LogP contribution in [0.5, 0.6) is 5.75 Å². The van der Waals surface area contributed by atoms with Crippen LogP contribution < -0.4 is 4.74 Å². The highest BCUT2D eigenvalue weighted by Gasteiger charge is 2.29. The fraction of sp³-hybridized carbons (Fsp3) is 0.588. The van der Waals surface area contributed by atoms with Crippen LogP contribution in [0.2, 0.25) is 0 Å². The van der Waals surface area contributed by atoms with Gasteiger partial charge in [0.05, 0.1) is 12.7 Å². The van der Waals surface area contributed by atoms with Gasteiger partial charge in [0.15, 0.2) is 0 Å². The summed E-state index contributed by atoms with van der Waals surface area (Å²) in [5, 5.41) is 0. The minimum atomic E-state index is -0.289. The molecule has 21 heavy (non-hydrogen) atoms. The number of hydrogen-bond donors (Lipinski definition) is 0. The maximum Gasteiger partial charge on any atom is 0.338 e. The topological polar surface area (TPSA) is 38.8 Å². The predicted octanol–water partition coefficient (Wildman–Crippen LogP) is 2.90. The molecule has 0 unspecified atom stereocenters. The second kappa shape index (κ2) is 6.94. The Morgan fingerprint density at radius 2 is 2.24 bits per heavy atom. The van der Waals surface area contributed by atoms with E-state index in [0.29, 0.717) is 24.3 Å². The maximum absolute atomic E-state index is 11.9. The number of benzene rings is 1. The number of ether oxygens (including phenoxy) is 2. The molecule has 1 aromatic carbocycles. The quantitative estimate of drug-likeness (QED) is 0.782. The van der Waals surface area contributed by atoms with E-state index < -0.39 is 0 Å². The van der Waals surface area contributed by atoms with Crippen LogP contribution >= 0.6 is 0 Å². The lowest BCUT2D eigenvalue weighted by Gasteiger charge is -2.38. The largest absolute Gasteiger partial charge is 0.492 e. The van der Waals surface area contributed by atoms with Gasteiger partial charge in [-0.1, -0.05) is 13.0 Å². The molecule has 1 aliphatic heterocycles. The van der Waals surface area contributed by atoms with Crippen molar-refractivity contribution in [3.63, 3.8) is 0 Å². The molecule has 0 saturated heterocycles. The monoisotopic (exact) mass is 291 g/mol. The van der Waals surface area contributed by atoms with E-state index in [2.05, 4.69) is 25.7 Å². The Bertz CT molecular complexity index is 499. The number of esters is 1. The fourth-order valence-corrected chi connectivity index (χ4v) is 3.03. The van der Waals surface area contributed by atoms with E-state index in [1.165, 1.54) is 7.11 Å². The SMILES string of the molecule is CCCN(C(C)C)[C@H]1COc2cccc(C(=O)OC)c2C1. The third-order valence-corrected chi connectivity index (χ3v) is 4.02. The first kappa shape index (κ1) is 15.8. The van der Waals surface area contributed by atoms with Crippen LogP contribution in [0.1, 0.15) is 43.1 Å². The Hall–Kier alpha value is -1.55. The number of hydrogen-bond acceptors (Lipinski definition) is 4. The van der Waals surface area contributed by atoms with Crippen molar-refractivity contribution in [2.75, 3.05) is 20.3 Å². The molecular formula is C17H25NO3. The number of nitrogens with zero attached hydrogens (tertiary/aromatic N) is 1. The van der Waals surface area contributed by atoms with Gasteiger partial charge in [0.25, 0.3) is 0 Å². The fourth-order valence-electron chi connectivity index (χ4n) is 3.03. The lowest BCUT2D eigenvalue weighted by atomic mass is 9.95. The average Bonchev–Trinajstić information content (AvgIpc) is 2.50. The summed E-state index contributed by atoms with van der Waals surface area (Å²) >= 11 is 0. The van der Waals surface area contributed by atoms with Gasteiger partial charge in [-0.05, 0) is 45.4 Å². The van der Waals surface area contributed by atoms with E-state index >= 15 is 0 Å². The molecule has 1 aromatic rings. The first-order valence-corrected chi connectivity index (χ1v) is 7.67. The number of carbonyl (C=O) groups excluding carboxylic acids is 1. The summed E-state index contributed by atoms with van der Waals surface area (Å²) in [5.41, 5.74) is 1.60. The second-order valence-electron chi connectivity index (χ2n) is 5.77. The van der Waals surface area contributed by atoms with Crippen LogP contribution in [0, 0.1) is 0 Å². The third kappa shape index (κ3) is 3.38. The summed E-state index contributed by atoms with van der Waals surface area (Å²) in [4.78, 5) is 14.4. The Kier molecular flexibility index (Phi) is 5.23. The van der Waals surface area contributed by atoms with Gasteiger partial charge in [0.2, 0.25) is 0 Å². The molecule has 0 aliphatic carbocycles. The summed E-state index contributed by atoms with van der Waals surface area (Å²) in [7, 11) is 1.42. The minimum absolute atomic E-state index is 0.289. The summed E-state index contributed by atoms with van der Waals surface area (Å²) in [5.74, 6) is 0.525. The average molecular weight is 291 g/mol. The van der Waals surface area contributed by atoms with Gasteiger partial charge in [-0.15, -0.1) is 0 Å². The molecule has 0 aromatic heterocycles. The Morgan fingerprint density at radius 3 is 2.86 bits per heavy atom. The minimum Gasteiger partial charge on any atom is -0.492 e. The van der Waals surface area contributed by atoms with E-state index in [1.54, 1.807) is 0 Å². The molecule has 1 heterocycles. The van der Waals surface area contributed by atoms with Crippen LogP contribution in [0.15, 0.2) is 18.2 Å². The van der Waals surface area contributed by atoms with Crippen LogP contribution in [-0.2, 0) is 11.2 Å². The maximum atomic E-state index is 11.9. The van der Waals surface area contributed by atoms with E-state index in [4.69, 9.17) is 9.47 Å². The van der Waals surface area contributed by atoms with Crippen molar-refractivity contribution in [1.29, 1.82) is 0 Å². The highest BCUT2D eigenvalue weighted by atomic mass is 16.5. The molecule has 1 atom stereocenters. The number of methoxy groups -OCH3 is 1. The number of carbonyl (C=O) groups is 1. The van der Waals surface area contributed by atoms with Crippen molar-refractivity contribution >= 4 is 5.97 Å². The van der Waals surface area contributed by atoms with E-state index in [-0.39, 0.29) is 5.97 Å². The van der Waals surface area contributed by atoms with Crippen LogP contribution in [0.3, 0.4) is 0 Å². The van der Waals surface area contributed by atoms with Gasteiger partial charge in [-0.2, -0.15) is 0 Å². The molecule has 0 bridgehead atoms. The van der Waals surface area contributed by atoms with Crippen LogP contribution in [0.25, 0.3) is 0 Å². The predicted molar refractivity (Wildman–Crippen MR) is 82.9 cm³/mol. The lowest BCUT2D eigenvalue weighted by molar-refractivity contribution is 0.0591. The third-order valence-electron chi connectivity index (χ3n) is 4.02. The number of rotatable bonds is 5. The van der Waals surface area contributed by atoms with E-state index in [1.807, 2.05) is 18.2 Å². The van der Waals surface area contributed by atoms with Gasteiger partial charge < -0.3 is 9.47 Å². The molecule has 2 rings (SSSR count). The van der Waals surface area contributed by atoms with Crippen molar-refractivity contribution < 1.29 is 14.3 Å². The zero-order valence-electron chi connectivity index (χ0n) is 13.4. The lowest BCUT2D eigenvalue weighted by Crippen LogP contribution is -2.47. The van der Waals surface area contributed by atoms with Gasteiger partial charge >= 0.3 is 5.97 Å². The molecule has 0 radical (unpaired) electrons. The van der Waals surface area contributed by atoms with E-state index in [0.717, 1.165) is 30.7 Å². The molecular weight excluding hydrogens is 266 g/mol. The molecule has 0 spiro atoms. The normalized spacial score (nSPS) is 17.5. The molecule has 0 amide bonds. The first-order chi connectivity index (χ1) is 10.1. The van der Waals surface area contributed by atoms with Gasteiger partial charge in [0, 0.05) is 17.6 Å². The van der Waals surface area contributed by atoms with Gasteiger partial charge in [-0.25, -0.2) is 4.79 Å².